The molecule has 2 heterocycles. The molecular formula is C11H15ClN6. The summed E-state index contributed by atoms with van der Waals surface area (Å²) in [4.78, 5) is 8.05. The fourth-order valence-corrected chi connectivity index (χ4v) is 1.85. The molecule has 0 unspecified atom stereocenters. The lowest BCUT2D eigenvalue weighted by molar-refractivity contribution is 0.711. The second-order valence-corrected chi connectivity index (χ2v) is 4.30. The molecule has 0 aliphatic carbocycles. The van der Waals surface area contributed by atoms with Gasteiger partial charge in [-0.15, -0.1) is 0 Å². The molecule has 3 N–H and O–H groups in total. The summed E-state index contributed by atoms with van der Waals surface area (Å²) in [6, 6.07) is 1.98. The van der Waals surface area contributed by atoms with E-state index in [0.717, 1.165) is 12.1 Å². The molecule has 0 bridgehead atoms. The normalized spacial score (nSPS) is 10.6. The summed E-state index contributed by atoms with van der Waals surface area (Å²) in [6.07, 6.45) is 2.60. The van der Waals surface area contributed by atoms with Crippen molar-refractivity contribution in [3.05, 3.63) is 28.9 Å². The minimum absolute atomic E-state index is 0.199. The first-order valence-electron chi connectivity index (χ1n) is 5.58. The highest BCUT2D eigenvalue weighted by molar-refractivity contribution is 6.28. The molecule has 0 fully saturated rings. The predicted octanol–water partition coefficient (Wildman–Crippen LogP) is 1.41. The van der Waals surface area contributed by atoms with Gasteiger partial charge >= 0.3 is 0 Å². The zero-order valence-electron chi connectivity index (χ0n) is 10.3. The topological polar surface area (TPSA) is 81.7 Å². The van der Waals surface area contributed by atoms with E-state index in [1.807, 2.05) is 17.8 Å². The SMILES string of the molecule is Cc1nc(Cl)nc(NCCc2ccnn2C)c1N. The van der Waals surface area contributed by atoms with Crippen LogP contribution in [0.3, 0.4) is 0 Å². The van der Waals surface area contributed by atoms with Crippen LogP contribution in [-0.2, 0) is 13.5 Å². The number of nitrogens with one attached hydrogen (secondary N) is 1. The van der Waals surface area contributed by atoms with Gasteiger partial charge in [0.15, 0.2) is 5.82 Å². The Morgan fingerprint density at radius 1 is 1.44 bits per heavy atom. The van der Waals surface area contributed by atoms with Gasteiger partial charge in [0.1, 0.15) is 0 Å². The summed E-state index contributed by atoms with van der Waals surface area (Å²) in [6.45, 7) is 2.51. The van der Waals surface area contributed by atoms with Gasteiger partial charge in [-0.05, 0) is 24.6 Å². The van der Waals surface area contributed by atoms with Gasteiger partial charge < -0.3 is 11.1 Å². The summed E-state index contributed by atoms with van der Waals surface area (Å²) >= 11 is 5.79. The highest BCUT2D eigenvalue weighted by Gasteiger charge is 2.07. The average molecular weight is 267 g/mol. The maximum absolute atomic E-state index is 5.88. The van der Waals surface area contributed by atoms with Crippen molar-refractivity contribution in [1.82, 2.24) is 19.7 Å². The first kappa shape index (κ1) is 12.6. The maximum atomic E-state index is 5.88. The number of hydrogen-bond acceptors (Lipinski definition) is 5. The van der Waals surface area contributed by atoms with E-state index in [1.54, 1.807) is 13.1 Å². The van der Waals surface area contributed by atoms with Crippen LogP contribution in [0.1, 0.15) is 11.4 Å². The van der Waals surface area contributed by atoms with Gasteiger partial charge in [-0.2, -0.15) is 10.1 Å². The number of rotatable bonds is 4. The molecule has 0 aromatic carbocycles. The van der Waals surface area contributed by atoms with Gasteiger partial charge in [0.05, 0.1) is 11.4 Å². The van der Waals surface area contributed by atoms with Crippen LogP contribution < -0.4 is 11.1 Å². The molecule has 2 aromatic heterocycles. The Morgan fingerprint density at radius 3 is 2.89 bits per heavy atom. The summed E-state index contributed by atoms with van der Waals surface area (Å²) in [5, 5.41) is 7.46. The lowest BCUT2D eigenvalue weighted by Crippen LogP contribution is -2.12. The zero-order valence-corrected chi connectivity index (χ0v) is 11.1. The molecule has 7 heteroatoms. The highest BCUT2D eigenvalue weighted by atomic mass is 35.5. The summed E-state index contributed by atoms with van der Waals surface area (Å²) < 4.78 is 1.84. The van der Waals surface area contributed by atoms with Crippen LogP contribution in [0.2, 0.25) is 5.28 Å². The summed E-state index contributed by atoms with van der Waals surface area (Å²) in [7, 11) is 1.91. The van der Waals surface area contributed by atoms with Crippen molar-refractivity contribution >= 4 is 23.1 Å². The quantitative estimate of drug-likeness (QED) is 0.818. The molecule has 0 saturated carbocycles. The van der Waals surface area contributed by atoms with Crippen molar-refractivity contribution in [3.63, 3.8) is 0 Å². The molecule has 0 spiro atoms. The van der Waals surface area contributed by atoms with E-state index in [4.69, 9.17) is 17.3 Å². The van der Waals surface area contributed by atoms with Crippen molar-refractivity contribution < 1.29 is 0 Å². The Labute approximate surface area is 110 Å². The molecule has 0 atom stereocenters. The Hall–Kier alpha value is -1.82. The van der Waals surface area contributed by atoms with E-state index in [-0.39, 0.29) is 5.28 Å². The number of hydrogen-bond donors (Lipinski definition) is 2. The third-order valence-electron chi connectivity index (χ3n) is 2.70. The molecule has 0 radical (unpaired) electrons. The van der Waals surface area contributed by atoms with E-state index in [1.165, 1.54) is 0 Å². The maximum Gasteiger partial charge on any atom is 0.224 e. The van der Waals surface area contributed by atoms with Crippen LogP contribution in [0, 0.1) is 6.92 Å². The predicted molar refractivity (Wildman–Crippen MR) is 71.6 cm³/mol. The van der Waals surface area contributed by atoms with Crippen molar-refractivity contribution in [2.24, 2.45) is 7.05 Å². The molecule has 2 rings (SSSR count). The number of nitrogens with two attached hydrogens (primary N) is 1. The fourth-order valence-electron chi connectivity index (χ4n) is 1.64. The van der Waals surface area contributed by atoms with Crippen LogP contribution in [0.4, 0.5) is 11.5 Å². The minimum atomic E-state index is 0.199. The number of nitrogen functional groups attached to an aromatic ring is 1. The van der Waals surface area contributed by atoms with Gasteiger partial charge in [-0.3, -0.25) is 4.68 Å². The average Bonchev–Trinajstić information content (AvgIpc) is 2.71. The van der Waals surface area contributed by atoms with Crippen LogP contribution in [0.5, 0.6) is 0 Å². The number of aryl methyl sites for hydroxylation is 2. The van der Waals surface area contributed by atoms with E-state index < -0.39 is 0 Å². The number of anilines is 2. The number of aromatic nitrogens is 4. The lowest BCUT2D eigenvalue weighted by Gasteiger charge is -2.10. The molecule has 0 aliphatic heterocycles. The summed E-state index contributed by atoms with van der Waals surface area (Å²) in [5.74, 6) is 0.578. The molecule has 6 nitrogen and oxygen atoms in total. The van der Waals surface area contributed by atoms with Crippen molar-refractivity contribution in [2.45, 2.75) is 13.3 Å². The lowest BCUT2D eigenvalue weighted by atomic mass is 10.3. The molecule has 2 aromatic rings. The van der Waals surface area contributed by atoms with Crippen LogP contribution >= 0.6 is 11.6 Å². The second-order valence-electron chi connectivity index (χ2n) is 3.96. The number of nitrogens with zero attached hydrogens (tertiary/aromatic N) is 4. The Kier molecular flexibility index (Phi) is 3.66. The minimum Gasteiger partial charge on any atom is -0.394 e. The monoisotopic (exact) mass is 266 g/mol. The molecule has 96 valence electrons. The van der Waals surface area contributed by atoms with Gasteiger partial charge in [-0.25, -0.2) is 4.98 Å². The van der Waals surface area contributed by atoms with Crippen LogP contribution in [-0.4, -0.2) is 26.3 Å². The Balaban J connectivity index is 2.01. The molecule has 0 amide bonds. The van der Waals surface area contributed by atoms with E-state index in [9.17, 15) is 0 Å². The Bertz CT molecular complexity index is 550. The van der Waals surface area contributed by atoms with E-state index in [2.05, 4.69) is 20.4 Å². The number of halogens is 1. The smallest absolute Gasteiger partial charge is 0.224 e. The van der Waals surface area contributed by atoms with Gasteiger partial charge in [0.2, 0.25) is 5.28 Å². The standard InChI is InChI=1S/C11H15ClN6/c1-7-9(13)10(17-11(12)16-7)14-5-3-8-4-6-15-18(8)2/h4,6H,3,5,13H2,1-2H3,(H,14,16,17). The van der Waals surface area contributed by atoms with Crippen LogP contribution in [0.25, 0.3) is 0 Å². The molecule has 18 heavy (non-hydrogen) atoms. The second kappa shape index (κ2) is 5.22. The van der Waals surface area contributed by atoms with Gasteiger partial charge in [-0.1, -0.05) is 0 Å². The first-order chi connectivity index (χ1) is 8.58. The van der Waals surface area contributed by atoms with Crippen molar-refractivity contribution in [1.29, 1.82) is 0 Å². The van der Waals surface area contributed by atoms with Crippen molar-refractivity contribution in [3.8, 4) is 0 Å². The van der Waals surface area contributed by atoms with Crippen LogP contribution in [0.15, 0.2) is 12.3 Å². The molecule has 0 aliphatic rings. The Morgan fingerprint density at radius 2 is 2.22 bits per heavy atom. The zero-order chi connectivity index (χ0) is 13.1. The van der Waals surface area contributed by atoms with Gasteiger partial charge in [0.25, 0.3) is 0 Å². The fraction of sp³-hybridized carbons (Fsp3) is 0.364. The summed E-state index contributed by atoms with van der Waals surface area (Å²) in [5.41, 5.74) is 8.22. The third-order valence-corrected chi connectivity index (χ3v) is 2.87. The van der Waals surface area contributed by atoms with Gasteiger partial charge in [0, 0.05) is 31.9 Å². The van der Waals surface area contributed by atoms with Crippen molar-refractivity contribution in [2.75, 3.05) is 17.6 Å². The molecule has 0 saturated heterocycles. The van der Waals surface area contributed by atoms with E-state index >= 15 is 0 Å². The molecular weight excluding hydrogens is 252 g/mol. The third kappa shape index (κ3) is 2.70. The van der Waals surface area contributed by atoms with E-state index in [0.29, 0.717) is 23.7 Å². The first-order valence-corrected chi connectivity index (χ1v) is 5.96. The highest BCUT2D eigenvalue weighted by Crippen LogP contribution is 2.20. The largest absolute Gasteiger partial charge is 0.394 e.